The van der Waals surface area contributed by atoms with Gasteiger partial charge in [-0.05, 0) is 24.8 Å². The van der Waals surface area contributed by atoms with Crippen molar-refractivity contribution in [3.05, 3.63) is 29.8 Å². The molecule has 1 aromatic carbocycles. The number of nitrogens with two attached hydrogens (primary N) is 1. The van der Waals surface area contributed by atoms with Crippen LogP contribution in [0.4, 0.5) is 0 Å². The molecule has 2 unspecified atom stereocenters. The summed E-state index contributed by atoms with van der Waals surface area (Å²) in [6.07, 6.45) is 6.81. The number of rotatable bonds is 7. The van der Waals surface area contributed by atoms with E-state index in [-0.39, 0.29) is 0 Å². The number of hydrogen-bond acceptors (Lipinski definition) is 3. The van der Waals surface area contributed by atoms with Crippen LogP contribution in [0.15, 0.2) is 24.3 Å². The van der Waals surface area contributed by atoms with Gasteiger partial charge in [0.2, 0.25) is 0 Å². The molecule has 0 spiro atoms. The Bertz CT molecular complexity index is 394. The Morgan fingerprint density at radius 1 is 1.20 bits per heavy atom. The molecule has 3 heteroatoms. The van der Waals surface area contributed by atoms with Gasteiger partial charge in [0.25, 0.3) is 0 Å². The van der Waals surface area contributed by atoms with Crippen molar-refractivity contribution >= 4 is 0 Å². The molecule has 1 aliphatic carbocycles. The molecule has 1 aromatic rings. The zero-order valence-corrected chi connectivity index (χ0v) is 12.5. The molecule has 1 saturated carbocycles. The lowest BCUT2D eigenvalue weighted by Crippen LogP contribution is -2.24. The fourth-order valence-electron chi connectivity index (χ4n) is 2.94. The monoisotopic (exact) mass is 277 g/mol. The van der Waals surface area contributed by atoms with Crippen molar-refractivity contribution in [2.24, 2.45) is 11.7 Å². The van der Waals surface area contributed by atoms with Crippen molar-refractivity contribution in [2.45, 2.75) is 51.7 Å². The Morgan fingerprint density at radius 3 is 2.85 bits per heavy atom. The minimum absolute atomic E-state index is 0.432. The Kier molecular flexibility index (Phi) is 6.34. The summed E-state index contributed by atoms with van der Waals surface area (Å²) in [6, 6.07) is 7.93. The van der Waals surface area contributed by atoms with Gasteiger partial charge in [0.1, 0.15) is 12.4 Å². The van der Waals surface area contributed by atoms with E-state index < -0.39 is 0 Å². The summed E-state index contributed by atoms with van der Waals surface area (Å²) in [7, 11) is 0. The van der Waals surface area contributed by atoms with E-state index in [1.165, 1.54) is 32.1 Å². The standard InChI is InChI=1S/C17H27NO2/c1-2-14-6-5-8-16(12-14)19-10-11-20-17-9-4-3-7-15(17)13-18/h3-4,7,9,14,16H,2,5-6,8,10-13,18H2,1H3. The van der Waals surface area contributed by atoms with Gasteiger partial charge in [-0.15, -0.1) is 0 Å². The van der Waals surface area contributed by atoms with Crippen LogP contribution in [-0.2, 0) is 11.3 Å². The first-order valence-corrected chi connectivity index (χ1v) is 7.85. The summed E-state index contributed by atoms with van der Waals surface area (Å²) in [5.74, 6) is 1.74. The maximum atomic E-state index is 5.95. The first-order valence-electron chi connectivity index (χ1n) is 7.85. The first kappa shape index (κ1) is 15.3. The second-order valence-electron chi connectivity index (χ2n) is 5.59. The van der Waals surface area contributed by atoms with Crippen LogP contribution in [-0.4, -0.2) is 19.3 Å². The largest absolute Gasteiger partial charge is 0.491 e. The fourth-order valence-corrected chi connectivity index (χ4v) is 2.94. The molecule has 1 aliphatic rings. The highest BCUT2D eigenvalue weighted by molar-refractivity contribution is 5.32. The summed E-state index contributed by atoms with van der Waals surface area (Å²) in [5, 5.41) is 0. The summed E-state index contributed by atoms with van der Waals surface area (Å²) in [5.41, 5.74) is 6.74. The third kappa shape index (κ3) is 4.50. The molecule has 0 aliphatic heterocycles. The van der Waals surface area contributed by atoms with Gasteiger partial charge in [-0.1, -0.05) is 44.4 Å². The fraction of sp³-hybridized carbons (Fsp3) is 0.647. The Balaban J connectivity index is 1.68. The highest BCUT2D eigenvalue weighted by atomic mass is 16.5. The average Bonchev–Trinajstić information content (AvgIpc) is 2.52. The maximum absolute atomic E-state index is 5.95. The van der Waals surface area contributed by atoms with Crippen molar-refractivity contribution in [3.8, 4) is 5.75 Å². The molecular formula is C17H27NO2. The highest BCUT2D eigenvalue weighted by Crippen LogP contribution is 2.28. The molecule has 0 aromatic heterocycles. The molecule has 0 bridgehead atoms. The van der Waals surface area contributed by atoms with E-state index in [2.05, 4.69) is 6.92 Å². The minimum Gasteiger partial charge on any atom is -0.491 e. The smallest absolute Gasteiger partial charge is 0.123 e. The SMILES string of the molecule is CCC1CCCC(OCCOc2ccccc2CN)C1. The van der Waals surface area contributed by atoms with E-state index in [0.29, 0.717) is 25.9 Å². The molecule has 1 fully saturated rings. The van der Waals surface area contributed by atoms with Crippen molar-refractivity contribution in [3.63, 3.8) is 0 Å². The second kappa shape index (κ2) is 8.28. The predicted molar refractivity (Wildman–Crippen MR) is 81.8 cm³/mol. The summed E-state index contributed by atoms with van der Waals surface area (Å²) in [4.78, 5) is 0. The van der Waals surface area contributed by atoms with Gasteiger partial charge >= 0.3 is 0 Å². The third-order valence-corrected chi connectivity index (χ3v) is 4.20. The minimum atomic E-state index is 0.432. The molecule has 0 amide bonds. The van der Waals surface area contributed by atoms with E-state index in [9.17, 15) is 0 Å². The molecule has 0 radical (unpaired) electrons. The van der Waals surface area contributed by atoms with Crippen LogP contribution in [0.2, 0.25) is 0 Å². The normalized spacial score (nSPS) is 22.7. The lowest BCUT2D eigenvalue weighted by atomic mass is 9.85. The molecule has 2 N–H and O–H groups in total. The van der Waals surface area contributed by atoms with E-state index >= 15 is 0 Å². The molecule has 2 atom stereocenters. The van der Waals surface area contributed by atoms with Crippen molar-refractivity contribution in [1.82, 2.24) is 0 Å². The van der Waals surface area contributed by atoms with E-state index in [0.717, 1.165) is 17.2 Å². The van der Waals surface area contributed by atoms with Gasteiger partial charge in [-0.3, -0.25) is 0 Å². The Hall–Kier alpha value is -1.06. The van der Waals surface area contributed by atoms with Crippen LogP contribution in [0, 0.1) is 5.92 Å². The van der Waals surface area contributed by atoms with Crippen molar-refractivity contribution in [1.29, 1.82) is 0 Å². The molecule has 0 heterocycles. The number of benzene rings is 1. The zero-order chi connectivity index (χ0) is 14.2. The Morgan fingerprint density at radius 2 is 2.05 bits per heavy atom. The summed E-state index contributed by atoms with van der Waals surface area (Å²) in [6.45, 7) is 4.06. The molecule has 20 heavy (non-hydrogen) atoms. The van der Waals surface area contributed by atoms with Crippen LogP contribution >= 0.6 is 0 Å². The van der Waals surface area contributed by atoms with Gasteiger partial charge < -0.3 is 15.2 Å². The topological polar surface area (TPSA) is 44.5 Å². The molecule has 2 rings (SSSR count). The second-order valence-corrected chi connectivity index (χ2v) is 5.59. The van der Waals surface area contributed by atoms with Crippen LogP contribution in [0.3, 0.4) is 0 Å². The molecule has 0 saturated heterocycles. The van der Waals surface area contributed by atoms with Gasteiger partial charge in [0.15, 0.2) is 0 Å². The summed E-state index contributed by atoms with van der Waals surface area (Å²) >= 11 is 0. The maximum Gasteiger partial charge on any atom is 0.123 e. The highest BCUT2D eigenvalue weighted by Gasteiger charge is 2.20. The van der Waals surface area contributed by atoms with Crippen LogP contribution in [0.25, 0.3) is 0 Å². The van der Waals surface area contributed by atoms with Gasteiger partial charge in [0.05, 0.1) is 12.7 Å². The predicted octanol–water partition coefficient (Wildman–Crippen LogP) is 3.51. The van der Waals surface area contributed by atoms with E-state index in [1.807, 2.05) is 24.3 Å². The van der Waals surface area contributed by atoms with Crippen LogP contribution in [0.5, 0.6) is 5.75 Å². The van der Waals surface area contributed by atoms with Gasteiger partial charge in [0, 0.05) is 12.1 Å². The van der Waals surface area contributed by atoms with Crippen molar-refractivity contribution in [2.75, 3.05) is 13.2 Å². The molecular weight excluding hydrogens is 250 g/mol. The quantitative estimate of drug-likeness (QED) is 0.776. The zero-order valence-electron chi connectivity index (χ0n) is 12.5. The van der Waals surface area contributed by atoms with E-state index in [4.69, 9.17) is 15.2 Å². The number of para-hydroxylation sites is 1. The number of ether oxygens (including phenoxy) is 2. The van der Waals surface area contributed by atoms with Crippen molar-refractivity contribution < 1.29 is 9.47 Å². The van der Waals surface area contributed by atoms with E-state index in [1.54, 1.807) is 0 Å². The van der Waals surface area contributed by atoms with Gasteiger partial charge in [-0.25, -0.2) is 0 Å². The third-order valence-electron chi connectivity index (χ3n) is 4.20. The van der Waals surface area contributed by atoms with Crippen LogP contribution in [0.1, 0.15) is 44.6 Å². The number of hydrogen-bond donors (Lipinski definition) is 1. The van der Waals surface area contributed by atoms with Crippen LogP contribution < -0.4 is 10.5 Å². The first-order chi connectivity index (χ1) is 9.83. The lowest BCUT2D eigenvalue weighted by molar-refractivity contribution is -0.000756. The Labute approximate surface area is 122 Å². The molecule has 112 valence electrons. The average molecular weight is 277 g/mol. The van der Waals surface area contributed by atoms with Gasteiger partial charge in [-0.2, -0.15) is 0 Å². The molecule has 3 nitrogen and oxygen atoms in total. The lowest BCUT2D eigenvalue weighted by Gasteiger charge is -2.28. The summed E-state index contributed by atoms with van der Waals surface area (Å²) < 4.78 is 11.7.